The summed E-state index contributed by atoms with van der Waals surface area (Å²) in [6.07, 6.45) is 0. The molecule has 6 heteroatoms. The molecule has 0 bridgehead atoms. The lowest BCUT2D eigenvalue weighted by atomic mass is 10.3. The minimum absolute atomic E-state index is 0.150. The number of aliphatic hydroxyl groups excluding tert-OH is 2. The third-order valence-electron chi connectivity index (χ3n) is 1.87. The van der Waals surface area contributed by atoms with Crippen molar-refractivity contribution in [1.82, 2.24) is 10.1 Å². The number of rotatable bonds is 5. The van der Waals surface area contributed by atoms with Gasteiger partial charge in [0.1, 0.15) is 5.76 Å². The summed E-state index contributed by atoms with van der Waals surface area (Å²) in [5.74, 6) is 0.196. The Bertz CT molecular complexity index is 318. The molecule has 0 aromatic carbocycles. The Kier molecular flexibility index (Phi) is 4.26. The van der Waals surface area contributed by atoms with Crippen LogP contribution in [0.5, 0.6) is 0 Å². The van der Waals surface area contributed by atoms with E-state index in [9.17, 15) is 4.79 Å². The Hall–Kier alpha value is -1.40. The van der Waals surface area contributed by atoms with E-state index < -0.39 is 0 Å². The van der Waals surface area contributed by atoms with Crippen molar-refractivity contribution in [3.63, 3.8) is 0 Å². The summed E-state index contributed by atoms with van der Waals surface area (Å²) in [4.78, 5) is 13.0. The molecule has 1 aromatic heterocycles. The summed E-state index contributed by atoms with van der Waals surface area (Å²) in [6, 6.07) is 1.52. The molecule has 15 heavy (non-hydrogen) atoms. The SMILES string of the molecule is Cc1cc(C(=O)N(CCO)CCO)no1. The van der Waals surface area contributed by atoms with Crippen LogP contribution in [-0.2, 0) is 0 Å². The summed E-state index contributed by atoms with van der Waals surface area (Å²) >= 11 is 0. The maximum atomic E-state index is 11.7. The molecule has 0 unspecified atom stereocenters. The minimum Gasteiger partial charge on any atom is -0.395 e. The molecule has 0 radical (unpaired) electrons. The normalized spacial score (nSPS) is 10.3. The van der Waals surface area contributed by atoms with Gasteiger partial charge in [0.2, 0.25) is 0 Å². The quantitative estimate of drug-likeness (QED) is 0.684. The fourth-order valence-electron chi connectivity index (χ4n) is 1.19. The average molecular weight is 214 g/mol. The van der Waals surface area contributed by atoms with E-state index >= 15 is 0 Å². The highest BCUT2D eigenvalue weighted by Crippen LogP contribution is 2.05. The lowest BCUT2D eigenvalue weighted by Crippen LogP contribution is -2.36. The minimum atomic E-state index is -0.352. The van der Waals surface area contributed by atoms with Crippen molar-refractivity contribution in [2.24, 2.45) is 0 Å². The van der Waals surface area contributed by atoms with Crippen LogP contribution in [0.4, 0.5) is 0 Å². The Labute approximate surface area is 87.1 Å². The Balaban J connectivity index is 2.71. The first-order valence-corrected chi connectivity index (χ1v) is 4.63. The molecule has 84 valence electrons. The second-order valence-corrected chi connectivity index (χ2v) is 3.06. The van der Waals surface area contributed by atoms with Crippen LogP contribution in [0.25, 0.3) is 0 Å². The van der Waals surface area contributed by atoms with Crippen molar-refractivity contribution < 1.29 is 19.5 Å². The van der Waals surface area contributed by atoms with Crippen LogP contribution in [0, 0.1) is 6.92 Å². The molecule has 0 aliphatic carbocycles. The Morgan fingerprint density at radius 3 is 2.47 bits per heavy atom. The maximum Gasteiger partial charge on any atom is 0.276 e. The molecule has 1 rings (SSSR count). The van der Waals surface area contributed by atoms with E-state index in [1.165, 1.54) is 11.0 Å². The smallest absolute Gasteiger partial charge is 0.276 e. The predicted molar refractivity (Wildman–Crippen MR) is 51.3 cm³/mol. The molecule has 2 N–H and O–H groups in total. The van der Waals surface area contributed by atoms with Crippen LogP contribution in [0.15, 0.2) is 10.6 Å². The van der Waals surface area contributed by atoms with Gasteiger partial charge in [-0.05, 0) is 6.92 Å². The molecule has 0 fully saturated rings. The third-order valence-corrected chi connectivity index (χ3v) is 1.87. The van der Waals surface area contributed by atoms with Gasteiger partial charge in [0.05, 0.1) is 13.2 Å². The highest BCUT2D eigenvalue weighted by molar-refractivity contribution is 5.92. The highest BCUT2D eigenvalue weighted by Gasteiger charge is 2.18. The first-order valence-electron chi connectivity index (χ1n) is 4.63. The van der Waals surface area contributed by atoms with Crippen LogP contribution in [-0.4, -0.2) is 52.5 Å². The molecule has 0 aliphatic heterocycles. The highest BCUT2D eigenvalue weighted by atomic mass is 16.5. The molecule has 1 amide bonds. The van der Waals surface area contributed by atoms with E-state index in [0.717, 1.165) is 0 Å². The van der Waals surface area contributed by atoms with Crippen LogP contribution in [0.1, 0.15) is 16.2 Å². The van der Waals surface area contributed by atoms with Gasteiger partial charge in [-0.25, -0.2) is 0 Å². The van der Waals surface area contributed by atoms with E-state index in [4.69, 9.17) is 14.7 Å². The van der Waals surface area contributed by atoms with Gasteiger partial charge in [-0.1, -0.05) is 5.16 Å². The number of nitrogens with zero attached hydrogens (tertiary/aromatic N) is 2. The molecule has 0 saturated heterocycles. The molecule has 1 aromatic rings. The largest absolute Gasteiger partial charge is 0.395 e. The van der Waals surface area contributed by atoms with Gasteiger partial charge in [0.15, 0.2) is 5.69 Å². The first-order chi connectivity index (χ1) is 7.19. The van der Waals surface area contributed by atoms with Gasteiger partial charge in [-0.2, -0.15) is 0 Å². The van der Waals surface area contributed by atoms with Gasteiger partial charge >= 0.3 is 0 Å². The second-order valence-electron chi connectivity index (χ2n) is 3.06. The molecule has 6 nitrogen and oxygen atoms in total. The van der Waals surface area contributed by atoms with Crippen molar-refractivity contribution in [2.45, 2.75) is 6.92 Å². The molecule has 0 atom stereocenters. The van der Waals surface area contributed by atoms with Crippen LogP contribution in [0.2, 0.25) is 0 Å². The van der Waals surface area contributed by atoms with Crippen molar-refractivity contribution in [3.05, 3.63) is 17.5 Å². The lowest BCUT2D eigenvalue weighted by Gasteiger charge is -2.18. The number of carbonyl (C=O) groups is 1. The zero-order chi connectivity index (χ0) is 11.3. The molecule has 0 saturated carbocycles. The summed E-state index contributed by atoms with van der Waals surface area (Å²) in [6.45, 7) is 1.73. The van der Waals surface area contributed by atoms with Crippen molar-refractivity contribution in [1.29, 1.82) is 0 Å². The van der Waals surface area contributed by atoms with Crippen LogP contribution >= 0.6 is 0 Å². The van der Waals surface area contributed by atoms with Crippen LogP contribution < -0.4 is 0 Å². The standard InChI is InChI=1S/C9H14N2O4/c1-7-6-8(10-15-7)9(14)11(2-4-12)3-5-13/h6,12-13H,2-5H2,1H3. The third kappa shape index (κ3) is 3.03. The fraction of sp³-hybridized carbons (Fsp3) is 0.556. The van der Waals surface area contributed by atoms with Gasteiger partial charge < -0.3 is 19.6 Å². The van der Waals surface area contributed by atoms with Gasteiger partial charge in [-0.3, -0.25) is 4.79 Å². The average Bonchev–Trinajstić information content (AvgIpc) is 2.63. The molecular weight excluding hydrogens is 200 g/mol. The van der Waals surface area contributed by atoms with Crippen molar-refractivity contribution >= 4 is 5.91 Å². The van der Waals surface area contributed by atoms with Crippen molar-refractivity contribution in [3.8, 4) is 0 Å². The summed E-state index contributed by atoms with van der Waals surface area (Å²) in [5, 5.41) is 21.1. The van der Waals surface area contributed by atoms with E-state index in [0.29, 0.717) is 5.76 Å². The number of amides is 1. The lowest BCUT2D eigenvalue weighted by molar-refractivity contribution is 0.0674. The first kappa shape index (κ1) is 11.7. The number of carbonyl (C=O) groups excluding carboxylic acids is 1. The Morgan fingerprint density at radius 2 is 2.07 bits per heavy atom. The monoisotopic (exact) mass is 214 g/mol. The van der Waals surface area contributed by atoms with Gasteiger partial charge in [0, 0.05) is 19.2 Å². The van der Waals surface area contributed by atoms with E-state index in [1.54, 1.807) is 6.92 Å². The maximum absolute atomic E-state index is 11.7. The second kappa shape index (κ2) is 5.47. The number of aromatic nitrogens is 1. The van der Waals surface area contributed by atoms with E-state index in [2.05, 4.69) is 5.16 Å². The van der Waals surface area contributed by atoms with Gasteiger partial charge in [-0.15, -0.1) is 0 Å². The molecule has 0 aliphatic rings. The molecular formula is C9H14N2O4. The van der Waals surface area contributed by atoms with Crippen LogP contribution in [0.3, 0.4) is 0 Å². The zero-order valence-corrected chi connectivity index (χ0v) is 8.51. The number of hydrogen-bond acceptors (Lipinski definition) is 5. The molecule has 0 spiro atoms. The number of aliphatic hydroxyl groups is 2. The van der Waals surface area contributed by atoms with Crippen molar-refractivity contribution in [2.75, 3.05) is 26.3 Å². The number of hydrogen-bond donors (Lipinski definition) is 2. The van der Waals surface area contributed by atoms with Gasteiger partial charge in [0.25, 0.3) is 5.91 Å². The molecule has 1 heterocycles. The predicted octanol–water partition coefficient (Wildman–Crippen LogP) is -0.590. The summed E-state index contributed by atoms with van der Waals surface area (Å²) in [7, 11) is 0. The van der Waals surface area contributed by atoms with E-state index in [1.807, 2.05) is 0 Å². The number of aryl methyl sites for hydroxylation is 1. The summed E-state index contributed by atoms with van der Waals surface area (Å²) in [5.41, 5.74) is 0.189. The summed E-state index contributed by atoms with van der Waals surface area (Å²) < 4.78 is 4.77. The van der Waals surface area contributed by atoms with E-state index in [-0.39, 0.29) is 37.9 Å². The topological polar surface area (TPSA) is 86.8 Å². The Morgan fingerprint density at radius 1 is 1.47 bits per heavy atom. The fourth-order valence-corrected chi connectivity index (χ4v) is 1.19. The zero-order valence-electron chi connectivity index (χ0n) is 8.51.